The molecule has 1 aliphatic heterocycles. The van der Waals surface area contributed by atoms with Crippen molar-refractivity contribution in [3.05, 3.63) is 131 Å². The van der Waals surface area contributed by atoms with E-state index in [0.29, 0.717) is 39.1 Å². The number of nitrogens with zero attached hydrogens (tertiary/aromatic N) is 1. The summed E-state index contributed by atoms with van der Waals surface area (Å²) in [5.74, 6) is -17.6. The number of aromatic nitrogens is 1. The molecule has 5 aromatic rings. The molecule has 4 aromatic carbocycles. The third-order valence-electron chi connectivity index (χ3n) is 20.4. The van der Waals surface area contributed by atoms with E-state index in [2.05, 4.69) is 79.4 Å². The van der Waals surface area contributed by atoms with Crippen molar-refractivity contribution >= 4 is 135 Å². The van der Waals surface area contributed by atoms with Crippen molar-refractivity contribution in [1.82, 2.24) is 84.3 Å². The molecular weight excluding hydrogens is 1700 g/mol. The second-order valence-corrected chi connectivity index (χ2v) is 34.6. The molecule has 27 N–H and O–H groups in total. The number of H-pyrrole nitrogens is 1. The van der Waals surface area contributed by atoms with Crippen LogP contribution in [-0.4, -0.2) is 248 Å². The molecule has 0 saturated carbocycles. The number of amides is 14. The van der Waals surface area contributed by atoms with Gasteiger partial charge in [-0.15, -0.1) is 0 Å². The van der Waals surface area contributed by atoms with Crippen LogP contribution in [0, 0.1) is 28.0 Å². The number of phenols is 2. The van der Waals surface area contributed by atoms with E-state index in [4.69, 9.17) is 28.0 Å². The Kier molecular flexibility index (Phi) is 41.5. The number of aliphatic carboxylic acids is 1. The molecule has 2 bridgehead atoms. The Bertz CT molecular complexity index is 4730. The zero-order chi connectivity index (χ0) is 94.6. The topological polar surface area (TPSA) is 650 Å². The van der Waals surface area contributed by atoms with Crippen LogP contribution in [-0.2, 0) is 103 Å². The Balaban J connectivity index is 1.48. The summed E-state index contributed by atoms with van der Waals surface area (Å²) in [5, 5.41) is 93.9. The minimum atomic E-state index is -1.90. The highest BCUT2D eigenvalue weighted by molar-refractivity contribution is 7.98. The highest BCUT2D eigenvalue weighted by Gasteiger charge is 2.40. The summed E-state index contributed by atoms with van der Waals surface area (Å²) in [6, 6.07) is 3.02. The van der Waals surface area contributed by atoms with Gasteiger partial charge in [0.05, 0.1) is 13.2 Å². The van der Waals surface area contributed by atoms with E-state index in [1.54, 1.807) is 65.8 Å². The number of thioether (sulfide) groups is 2. The summed E-state index contributed by atoms with van der Waals surface area (Å²) >= 11 is 2.26. The zero-order valence-electron chi connectivity index (χ0n) is 72.7. The first-order chi connectivity index (χ1) is 60.5. The van der Waals surface area contributed by atoms with Crippen LogP contribution in [0.2, 0.25) is 0 Å². The van der Waals surface area contributed by atoms with Gasteiger partial charge >= 0.3 is 5.97 Å². The number of nitrogens with one attached hydrogen (secondary N) is 17. The van der Waals surface area contributed by atoms with Gasteiger partial charge in [-0.3, -0.25) is 82.7 Å². The lowest BCUT2D eigenvalue weighted by Crippen LogP contribution is -2.61. The molecule has 128 heavy (non-hydrogen) atoms. The van der Waals surface area contributed by atoms with Gasteiger partial charge < -0.3 is 122 Å². The maximum atomic E-state index is 15.4. The molecule has 2 heterocycles. The fraction of sp³-hybridized carbons (Fsp3) is 0.494. The van der Waals surface area contributed by atoms with Gasteiger partial charge in [-0.05, 0) is 127 Å². The number of rotatable bonds is 32. The van der Waals surface area contributed by atoms with E-state index in [1.165, 1.54) is 79.9 Å². The number of carboxylic acids is 1. The van der Waals surface area contributed by atoms with Crippen LogP contribution in [0.4, 0.5) is 4.39 Å². The van der Waals surface area contributed by atoms with Crippen LogP contribution in [0.5, 0.6) is 11.5 Å². The van der Waals surface area contributed by atoms with E-state index in [0.717, 1.165) is 30.6 Å². The number of primary amides is 1. The quantitative estimate of drug-likeness (QED) is 0.0139. The van der Waals surface area contributed by atoms with Gasteiger partial charge in [0, 0.05) is 92.9 Å². The molecular formula is C85H120FN21O19S2. The lowest BCUT2D eigenvalue weighted by Gasteiger charge is -2.31. The number of hydrogen-bond acceptors (Lipinski definition) is 22. The average Bonchev–Trinajstić information content (AvgIpc) is 1.63. The number of carbonyl (C=O) groups excluding carboxylic acids is 14. The molecule has 0 aliphatic carbocycles. The number of aliphatic hydroxyl groups excluding tert-OH is 1. The number of likely N-dealkylation sites (N-methyl/N-ethyl adjacent to an activating group) is 1. The first kappa shape index (κ1) is 104. The lowest BCUT2D eigenvalue weighted by molar-refractivity contribution is -0.144. The molecule has 1 aliphatic rings. The smallest absolute Gasteiger partial charge is 0.303 e. The molecule has 0 unspecified atom stereocenters. The van der Waals surface area contributed by atoms with Gasteiger partial charge in [0.1, 0.15) is 89.8 Å². The van der Waals surface area contributed by atoms with Crippen LogP contribution in [0.3, 0.4) is 0 Å². The number of halogens is 1. The van der Waals surface area contributed by atoms with Gasteiger partial charge in [-0.25, -0.2) is 4.39 Å². The van der Waals surface area contributed by atoms with E-state index in [-0.39, 0.29) is 110 Å². The molecule has 12 atom stereocenters. The summed E-state index contributed by atoms with van der Waals surface area (Å²) in [6.07, 6.45) is -1.08. The molecule has 0 radical (unpaired) electrons. The van der Waals surface area contributed by atoms with Crippen LogP contribution in [0.1, 0.15) is 134 Å². The Labute approximate surface area is 748 Å². The normalized spacial score (nSPS) is 19.9. The third-order valence-corrected chi connectivity index (χ3v) is 22.7. The number of hydrogen-bond donors (Lipinski definition) is 24. The highest BCUT2D eigenvalue weighted by atomic mass is 32.2. The number of guanidine groups is 2. The predicted molar refractivity (Wildman–Crippen MR) is 476 cm³/mol. The SMILES string of the molecule is CCC[C@H](NC(C)=O)C(=O)N[C@H]1CSCc2cccc(c2)CSC[C@@H](C(=O)N[C@@H](Cc2ccc(O)cc2)C(=O)N[C@@H](CCCNC(=N)N)C(=O)N[C@H](C(N)=O)C(C)(C)C)NC(=O)CNC(=O)[C@H](CO)N(C)C(=O)[C@H](CCC(=O)O)NC(=O)[C@H](CCCNC(=N)N)NC(=O)[C@H](CC(C)C)NC(=O)[C@H](Cc2c[nH]c3ccc(F)cc23)NC(=O)[C@H](Cc2ccc(O)cc2)NC1=O. The lowest BCUT2D eigenvalue weighted by atomic mass is 9.86. The Morgan fingerprint density at radius 2 is 1.18 bits per heavy atom. The summed E-state index contributed by atoms with van der Waals surface area (Å²) in [4.78, 5) is 219. The zero-order valence-corrected chi connectivity index (χ0v) is 74.3. The first-order valence-corrected chi connectivity index (χ1v) is 44.0. The molecule has 698 valence electrons. The number of carbonyl (C=O) groups is 15. The van der Waals surface area contributed by atoms with Crippen molar-refractivity contribution in [1.29, 1.82) is 10.8 Å². The maximum absolute atomic E-state index is 15.4. The minimum Gasteiger partial charge on any atom is -0.508 e. The molecule has 0 fully saturated rings. The fourth-order valence-corrected chi connectivity index (χ4v) is 15.7. The monoisotopic (exact) mass is 1820 g/mol. The number of aromatic hydroxyl groups is 2. The van der Waals surface area contributed by atoms with Gasteiger partial charge in [0.25, 0.3) is 0 Å². The van der Waals surface area contributed by atoms with E-state index < -0.39 is 223 Å². The Hall–Kier alpha value is -12.8. The summed E-state index contributed by atoms with van der Waals surface area (Å²) in [6.45, 7) is 9.15. The van der Waals surface area contributed by atoms with Gasteiger partial charge in [-0.1, -0.05) is 96.5 Å². The number of fused-ring (bicyclic) bond motifs is 3. The number of nitrogens with two attached hydrogens (primary N) is 3. The van der Waals surface area contributed by atoms with Crippen LogP contribution in [0.25, 0.3) is 10.9 Å². The number of benzene rings is 4. The fourth-order valence-electron chi connectivity index (χ4n) is 13.7. The van der Waals surface area contributed by atoms with E-state index in [1.807, 2.05) is 0 Å². The average molecular weight is 1820 g/mol. The van der Waals surface area contributed by atoms with Gasteiger partial charge in [-0.2, -0.15) is 23.5 Å². The van der Waals surface area contributed by atoms with E-state index >= 15 is 28.4 Å². The van der Waals surface area contributed by atoms with Crippen LogP contribution >= 0.6 is 23.5 Å². The van der Waals surface area contributed by atoms with Gasteiger partial charge in [0.15, 0.2) is 11.9 Å². The summed E-state index contributed by atoms with van der Waals surface area (Å²) < 4.78 is 15.1. The second kappa shape index (κ2) is 51.1. The second-order valence-electron chi connectivity index (χ2n) is 32.6. The number of carboxylic acid groups (broad SMARTS) is 1. The molecule has 40 nitrogen and oxygen atoms in total. The molecule has 6 rings (SSSR count). The third kappa shape index (κ3) is 34.9. The Morgan fingerprint density at radius 3 is 1.77 bits per heavy atom. The van der Waals surface area contributed by atoms with Crippen molar-refractivity contribution in [2.75, 3.05) is 44.8 Å². The maximum Gasteiger partial charge on any atom is 0.303 e. The van der Waals surface area contributed by atoms with Crippen LogP contribution < -0.4 is 91.6 Å². The Morgan fingerprint density at radius 1 is 0.625 bits per heavy atom. The summed E-state index contributed by atoms with van der Waals surface area (Å²) in [7, 11) is 1.03. The number of aromatic amines is 1. The van der Waals surface area contributed by atoms with Crippen molar-refractivity contribution in [3.63, 3.8) is 0 Å². The predicted octanol–water partition coefficient (Wildman–Crippen LogP) is -1.02. The molecule has 14 amide bonds. The summed E-state index contributed by atoms with van der Waals surface area (Å²) in [5.41, 5.74) is 18.6. The molecule has 0 saturated heterocycles. The number of phenolic OH excluding ortho intramolecular Hbond substituents is 2. The van der Waals surface area contributed by atoms with Gasteiger partial charge in [0.2, 0.25) is 82.7 Å². The van der Waals surface area contributed by atoms with E-state index in [9.17, 15) is 68.4 Å². The minimum absolute atomic E-state index is 0.0421. The molecule has 43 heteroatoms. The van der Waals surface area contributed by atoms with Crippen molar-refractivity contribution in [2.24, 2.45) is 28.5 Å². The van der Waals surface area contributed by atoms with Crippen molar-refractivity contribution in [3.8, 4) is 11.5 Å². The first-order valence-electron chi connectivity index (χ1n) is 41.7. The molecule has 1 aromatic heterocycles. The molecule has 0 spiro atoms. The van der Waals surface area contributed by atoms with Crippen molar-refractivity contribution in [2.45, 2.75) is 210 Å². The van der Waals surface area contributed by atoms with Crippen molar-refractivity contribution < 1.29 is 96.7 Å². The largest absolute Gasteiger partial charge is 0.508 e. The highest BCUT2D eigenvalue weighted by Crippen LogP contribution is 2.25. The van der Waals surface area contributed by atoms with Crippen LogP contribution in [0.15, 0.2) is 97.2 Å². The number of aliphatic hydroxyl groups is 1. The standard InChI is InChI=1S/C85H120FN21O19S2/c1-9-13-57(96-46(4)109)72(116)105-66-44-128-42-50-15-10-14-49(33-50)41-127-43-65(79(123)102-62(34-47-18-23-53(110)24-19-47)76(120)99-59(17-12-31-93-84(90)91)74(118)106-70(71(87)115)85(5,6)7)97-68(112)39-95-81(125)67(40-108)107(8)82(126)60(28-29-69(113)114)100-73(117)58(16-11-30-92-83(88)89)98-75(119)61(32-45(2)3)101-78(122)64(36-51-38-94-56-27-22-52(86)37-55(51)56)104-77(121)63(103-80(66)124)35-48-20-25-54(111)26-21-48/h10,14-15,18-27,33,37-38,45,57-67,70,94,108,110-111H,9,11-13,16-17,28-32,34-36,39-44H2,1-8H3,(H2,87,115)(H,95,125)(H,96,109)(H,97,112)(H,98,119)(H,99,120)(H,100,117)(H,101,122)(H,102,123)(H,103,124)(H,104,121)(H,105,116)(H,106,118)(H,113,114)(H4,88,89,92)(H4,90,91,93)/t57-,58-,59-,60-,61-,62-,63-,64-,65-,66-,67-,70+/m0/s1.